The second-order valence-electron chi connectivity index (χ2n) is 6.05. The third-order valence-corrected chi connectivity index (χ3v) is 4.93. The van der Waals surface area contributed by atoms with Gasteiger partial charge in [-0.05, 0) is 42.5 Å². The predicted molar refractivity (Wildman–Crippen MR) is 103 cm³/mol. The Kier molecular flexibility index (Phi) is 4.98. The maximum Gasteiger partial charge on any atom is 0.264 e. The second kappa shape index (κ2) is 7.05. The van der Waals surface area contributed by atoms with Crippen LogP contribution in [0.3, 0.4) is 0 Å². The summed E-state index contributed by atoms with van der Waals surface area (Å²) in [5.41, 5.74) is -0.492. The highest BCUT2D eigenvalue weighted by atomic mass is 79.9. The summed E-state index contributed by atoms with van der Waals surface area (Å²) in [5.74, 6) is -0.217. The van der Waals surface area contributed by atoms with Crippen molar-refractivity contribution >= 4 is 33.3 Å². The standard InChI is InChI=1S/C20H18BrNO4/c1-3-10-22-17-9-6-14(21)11-16(17)20(25,19(22)24)12-18(23)13-4-7-15(26-2)8-5-13/h3-9,11,25H,1,10,12H2,2H3. The van der Waals surface area contributed by atoms with E-state index in [4.69, 9.17) is 4.74 Å². The summed E-state index contributed by atoms with van der Waals surface area (Å²) in [6.07, 6.45) is 1.25. The van der Waals surface area contributed by atoms with Crippen LogP contribution in [0.25, 0.3) is 0 Å². The molecule has 1 unspecified atom stereocenters. The molecule has 0 spiro atoms. The quantitative estimate of drug-likeness (QED) is 0.579. The number of hydrogen-bond donors (Lipinski definition) is 1. The van der Waals surface area contributed by atoms with Crippen molar-refractivity contribution in [2.24, 2.45) is 0 Å². The SMILES string of the molecule is C=CCN1C(=O)C(O)(CC(=O)c2ccc(OC)cc2)c2cc(Br)ccc21. The molecule has 0 radical (unpaired) electrons. The molecule has 1 aliphatic rings. The monoisotopic (exact) mass is 415 g/mol. The number of ether oxygens (including phenoxy) is 1. The lowest BCUT2D eigenvalue weighted by molar-refractivity contribution is -0.135. The van der Waals surface area contributed by atoms with E-state index in [0.717, 1.165) is 4.47 Å². The van der Waals surface area contributed by atoms with E-state index in [2.05, 4.69) is 22.5 Å². The largest absolute Gasteiger partial charge is 0.497 e. The molecule has 1 aliphatic heterocycles. The van der Waals surface area contributed by atoms with E-state index >= 15 is 0 Å². The molecule has 0 saturated carbocycles. The molecule has 0 aliphatic carbocycles. The first-order valence-electron chi connectivity index (χ1n) is 8.03. The van der Waals surface area contributed by atoms with E-state index in [1.807, 2.05) is 0 Å². The molecule has 2 aromatic rings. The van der Waals surface area contributed by atoms with E-state index in [0.29, 0.717) is 22.6 Å². The molecule has 1 atom stereocenters. The summed E-state index contributed by atoms with van der Waals surface area (Å²) in [5, 5.41) is 11.2. The Morgan fingerprint density at radius 3 is 2.62 bits per heavy atom. The minimum Gasteiger partial charge on any atom is -0.497 e. The normalized spacial score (nSPS) is 18.6. The van der Waals surface area contributed by atoms with Gasteiger partial charge in [0.2, 0.25) is 0 Å². The highest BCUT2D eigenvalue weighted by molar-refractivity contribution is 9.10. The number of Topliss-reactive ketones (excluding diaryl/α,β-unsaturated/α-hetero) is 1. The van der Waals surface area contributed by atoms with Gasteiger partial charge in [0, 0.05) is 22.1 Å². The number of nitrogens with zero attached hydrogens (tertiary/aromatic N) is 1. The molecular weight excluding hydrogens is 398 g/mol. The molecule has 0 bridgehead atoms. The molecule has 134 valence electrons. The second-order valence-corrected chi connectivity index (χ2v) is 6.97. The summed E-state index contributed by atoms with van der Waals surface area (Å²) < 4.78 is 5.81. The first kappa shape index (κ1) is 18.4. The van der Waals surface area contributed by atoms with Crippen LogP contribution in [0.4, 0.5) is 5.69 Å². The number of carbonyl (C=O) groups is 2. The topological polar surface area (TPSA) is 66.8 Å². The number of amides is 1. The Bertz CT molecular complexity index is 878. The van der Waals surface area contributed by atoms with Crippen LogP contribution in [-0.4, -0.2) is 30.5 Å². The minimum atomic E-state index is -1.90. The number of methoxy groups -OCH3 is 1. The van der Waals surface area contributed by atoms with Gasteiger partial charge in [0.25, 0.3) is 5.91 Å². The molecule has 26 heavy (non-hydrogen) atoms. The summed E-state index contributed by atoms with van der Waals surface area (Å²) in [4.78, 5) is 27.0. The third kappa shape index (κ3) is 3.06. The van der Waals surface area contributed by atoms with Crippen LogP contribution in [0, 0.1) is 0 Å². The first-order chi connectivity index (χ1) is 12.4. The smallest absolute Gasteiger partial charge is 0.264 e. The van der Waals surface area contributed by atoms with Gasteiger partial charge < -0.3 is 14.7 Å². The first-order valence-corrected chi connectivity index (χ1v) is 8.82. The van der Waals surface area contributed by atoms with Crippen LogP contribution >= 0.6 is 15.9 Å². The number of rotatable bonds is 6. The number of carbonyl (C=O) groups excluding carboxylic acids is 2. The van der Waals surface area contributed by atoms with Crippen molar-refractivity contribution in [2.75, 3.05) is 18.6 Å². The minimum absolute atomic E-state index is 0.256. The van der Waals surface area contributed by atoms with Crippen LogP contribution in [0.5, 0.6) is 5.75 Å². The Balaban J connectivity index is 1.97. The van der Waals surface area contributed by atoms with Crippen LogP contribution in [0.2, 0.25) is 0 Å². The molecule has 1 heterocycles. The number of ketones is 1. The molecule has 0 saturated heterocycles. The molecule has 3 rings (SSSR count). The molecule has 2 aromatic carbocycles. The van der Waals surface area contributed by atoms with Crippen molar-refractivity contribution in [2.45, 2.75) is 12.0 Å². The van der Waals surface area contributed by atoms with Crippen molar-refractivity contribution in [3.05, 3.63) is 70.7 Å². The van der Waals surface area contributed by atoms with E-state index in [1.165, 1.54) is 4.90 Å². The van der Waals surface area contributed by atoms with Crippen molar-refractivity contribution in [1.82, 2.24) is 0 Å². The number of benzene rings is 2. The van der Waals surface area contributed by atoms with Gasteiger partial charge in [-0.25, -0.2) is 0 Å². The number of anilines is 1. The number of aliphatic hydroxyl groups is 1. The van der Waals surface area contributed by atoms with Gasteiger partial charge in [0.05, 0.1) is 19.2 Å². The molecule has 5 nitrogen and oxygen atoms in total. The fourth-order valence-electron chi connectivity index (χ4n) is 3.12. The van der Waals surface area contributed by atoms with Crippen LogP contribution < -0.4 is 9.64 Å². The van der Waals surface area contributed by atoms with Gasteiger partial charge in [-0.2, -0.15) is 0 Å². The predicted octanol–water partition coefficient (Wildman–Crippen LogP) is 3.45. The lowest BCUT2D eigenvalue weighted by Crippen LogP contribution is -2.41. The Morgan fingerprint density at radius 2 is 2.00 bits per heavy atom. The average molecular weight is 416 g/mol. The van der Waals surface area contributed by atoms with Crippen LogP contribution in [0.1, 0.15) is 22.3 Å². The lowest BCUT2D eigenvalue weighted by atomic mass is 9.88. The molecule has 1 amide bonds. The lowest BCUT2D eigenvalue weighted by Gasteiger charge is -2.22. The van der Waals surface area contributed by atoms with E-state index in [-0.39, 0.29) is 18.7 Å². The maximum atomic E-state index is 12.9. The van der Waals surface area contributed by atoms with E-state index in [1.54, 1.807) is 55.7 Å². The summed E-state index contributed by atoms with van der Waals surface area (Å²) in [6, 6.07) is 11.8. The molecule has 1 N–H and O–H groups in total. The summed E-state index contributed by atoms with van der Waals surface area (Å²) >= 11 is 3.36. The highest BCUT2D eigenvalue weighted by Crippen LogP contribution is 2.44. The van der Waals surface area contributed by atoms with Gasteiger partial charge in [-0.3, -0.25) is 9.59 Å². The van der Waals surface area contributed by atoms with Crippen molar-refractivity contribution in [3.8, 4) is 5.75 Å². The fraction of sp³-hybridized carbons (Fsp3) is 0.200. The molecule has 0 aromatic heterocycles. The van der Waals surface area contributed by atoms with E-state index in [9.17, 15) is 14.7 Å². The number of halogens is 1. The number of fused-ring (bicyclic) bond motifs is 1. The average Bonchev–Trinajstić information content (AvgIpc) is 2.84. The van der Waals surface area contributed by atoms with Crippen LogP contribution in [0.15, 0.2) is 59.6 Å². The fourth-order valence-corrected chi connectivity index (χ4v) is 3.48. The molecular formula is C20H18BrNO4. The molecule has 0 fully saturated rings. The zero-order valence-corrected chi connectivity index (χ0v) is 15.8. The van der Waals surface area contributed by atoms with Gasteiger partial charge in [0.1, 0.15) is 5.75 Å². The van der Waals surface area contributed by atoms with Crippen LogP contribution in [-0.2, 0) is 10.4 Å². The van der Waals surface area contributed by atoms with E-state index < -0.39 is 11.5 Å². The maximum absolute atomic E-state index is 12.9. The van der Waals surface area contributed by atoms with Crippen molar-refractivity contribution < 1.29 is 19.4 Å². The van der Waals surface area contributed by atoms with Crippen molar-refractivity contribution in [3.63, 3.8) is 0 Å². The Morgan fingerprint density at radius 1 is 1.31 bits per heavy atom. The zero-order chi connectivity index (χ0) is 18.9. The summed E-state index contributed by atoms with van der Waals surface area (Å²) in [6.45, 7) is 3.91. The zero-order valence-electron chi connectivity index (χ0n) is 14.2. The van der Waals surface area contributed by atoms with Gasteiger partial charge >= 0.3 is 0 Å². The summed E-state index contributed by atoms with van der Waals surface area (Å²) in [7, 11) is 1.54. The number of hydrogen-bond acceptors (Lipinski definition) is 4. The van der Waals surface area contributed by atoms with Gasteiger partial charge in [-0.15, -0.1) is 6.58 Å². The van der Waals surface area contributed by atoms with Gasteiger partial charge in [0.15, 0.2) is 11.4 Å². The van der Waals surface area contributed by atoms with Gasteiger partial charge in [-0.1, -0.05) is 22.0 Å². The Labute approximate surface area is 160 Å². The third-order valence-electron chi connectivity index (χ3n) is 4.43. The van der Waals surface area contributed by atoms with Crippen molar-refractivity contribution in [1.29, 1.82) is 0 Å². The Hall–Kier alpha value is -2.44. The highest BCUT2D eigenvalue weighted by Gasteiger charge is 2.50. The molecule has 6 heteroatoms.